The molecule has 0 saturated heterocycles. The second-order valence-electron chi connectivity index (χ2n) is 5.20. The molecule has 0 aliphatic carbocycles. The average Bonchev–Trinajstić information content (AvgIpc) is 2.41. The normalized spacial score (nSPS) is 14.2. The number of nitrogens with one attached hydrogen (secondary N) is 1. The molecule has 20 heavy (non-hydrogen) atoms. The summed E-state index contributed by atoms with van der Waals surface area (Å²) in [6.45, 7) is 6.44. The molecule has 0 amide bonds. The second kappa shape index (κ2) is 9.32. The Bertz CT molecular complexity index is 380. The van der Waals surface area contributed by atoms with Gasteiger partial charge in [0.1, 0.15) is 5.82 Å². The summed E-state index contributed by atoms with van der Waals surface area (Å²) in [5.41, 5.74) is 0.639. The average molecular weight is 302 g/mol. The monoisotopic (exact) mass is 301 g/mol. The highest BCUT2D eigenvalue weighted by Crippen LogP contribution is 2.34. The van der Waals surface area contributed by atoms with Crippen molar-refractivity contribution in [2.45, 2.75) is 32.6 Å². The molecule has 0 bridgehead atoms. The van der Waals surface area contributed by atoms with Crippen LogP contribution in [0.1, 0.15) is 38.2 Å². The van der Waals surface area contributed by atoms with Gasteiger partial charge in [0.2, 0.25) is 0 Å². The summed E-state index contributed by atoms with van der Waals surface area (Å²) in [6.07, 6.45) is 2.14. The maximum absolute atomic E-state index is 14.1. The van der Waals surface area contributed by atoms with Crippen LogP contribution in [-0.2, 0) is 4.74 Å². The molecule has 0 spiro atoms. The van der Waals surface area contributed by atoms with Gasteiger partial charge in [-0.05, 0) is 18.1 Å². The van der Waals surface area contributed by atoms with Crippen LogP contribution in [-0.4, -0.2) is 26.8 Å². The largest absolute Gasteiger partial charge is 0.383 e. The first-order chi connectivity index (χ1) is 9.61. The predicted molar refractivity (Wildman–Crippen MR) is 83.0 cm³/mol. The summed E-state index contributed by atoms with van der Waals surface area (Å²) in [5, 5.41) is 3.85. The Labute approximate surface area is 126 Å². The van der Waals surface area contributed by atoms with Crippen molar-refractivity contribution in [3.05, 3.63) is 34.6 Å². The maximum atomic E-state index is 14.1. The van der Waals surface area contributed by atoms with E-state index in [1.807, 2.05) is 0 Å². The van der Waals surface area contributed by atoms with E-state index in [4.69, 9.17) is 16.3 Å². The van der Waals surface area contributed by atoms with Crippen molar-refractivity contribution in [3.63, 3.8) is 0 Å². The van der Waals surface area contributed by atoms with Crippen molar-refractivity contribution in [2.24, 2.45) is 5.92 Å². The number of benzene rings is 1. The summed E-state index contributed by atoms with van der Waals surface area (Å²) in [6, 6.07) is 4.91. The lowest BCUT2D eigenvalue weighted by atomic mass is 9.84. The van der Waals surface area contributed by atoms with Gasteiger partial charge < -0.3 is 10.1 Å². The van der Waals surface area contributed by atoms with Crippen molar-refractivity contribution in [3.8, 4) is 0 Å². The smallest absolute Gasteiger partial charge is 0.128 e. The Hall–Kier alpha value is -0.640. The molecule has 0 heterocycles. The summed E-state index contributed by atoms with van der Waals surface area (Å²) in [7, 11) is 1.67. The fraction of sp³-hybridized carbons (Fsp3) is 0.625. The van der Waals surface area contributed by atoms with Gasteiger partial charge in [-0.15, -0.1) is 0 Å². The number of methoxy groups -OCH3 is 1. The molecule has 2 unspecified atom stereocenters. The first kappa shape index (κ1) is 17.4. The van der Waals surface area contributed by atoms with E-state index >= 15 is 0 Å². The van der Waals surface area contributed by atoms with Gasteiger partial charge in [-0.2, -0.15) is 0 Å². The molecule has 0 fully saturated rings. The molecule has 0 aliphatic heterocycles. The molecule has 1 aromatic rings. The molecule has 1 aromatic carbocycles. The number of halogens is 2. The van der Waals surface area contributed by atoms with Gasteiger partial charge in [-0.1, -0.05) is 44.4 Å². The van der Waals surface area contributed by atoms with Crippen molar-refractivity contribution in [1.29, 1.82) is 0 Å². The number of rotatable bonds is 9. The Kier molecular flexibility index (Phi) is 8.12. The molecule has 2 nitrogen and oxygen atoms in total. The third-order valence-electron chi connectivity index (χ3n) is 3.65. The SMILES string of the molecule is CCCC(C)C(CNCCOC)c1c(F)cccc1Cl. The van der Waals surface area contributed by atoms with E-state index in [0.29, 0.717) is 29.7 Å². The zero-order valence-corrected chi connectivity index (χ0v) is 13.3. The van der Waals surface area contributed by atoms with Crippen LogP contribution in [0.15, 0.2) is 18.2 Å². The summed E-state index contributed by atoms with van der Waals surface area (Å²) in [4.78, 5) is 0. The van der Waals surface area contributed by atoms with Crippen LogP contribution in [0.2, 0.25) is 5.02 Å². The number of hydrogen-bond acceptors (Lipinski definition) is 2. The van der Waals surface area contributed by atoms with Gasteiger partial charge in [0.25, 0.3) is 0 Å². The van der Waals surface area contributed by atoms with Crippen molar-refractivity contribution in [2.75, 3.05) is 26.8 Å². The fourth-order valence-corrected chi connectivity index (χ4v) is 2.84. The van der Waals surface area contributed by atoms with Crippen LogP contribution in [0.4, 0.5) is 4.39 Å². The molecular weight excluding hydrogens is 277 g/mol. The van der Waals surface area contributed by atoms with Crippen molar-refractivity contribution < 1.29 is 9.13 Å². The summed E-state index contributed by atoms with van der Waals surface area (Å²) < 4.78 is 19.2. The third-order valence-corrected chi connectivity index (χ3v) is 3.98. The maximum Gasteiger partial charge on any atom is 0.128 e. The Morgan fingerprint density at radius 3 is 2.75 bits per heavy atom. The van der Waals surface area contributed by atoms with Crippen LogP contribution in [0.3, 0.4) is 0 Å². The van der Waals surface area contributed by atoms with Crippen molar-refractivity contribution >= 4 is 11.6 Å². The van der Waals surface area contributed by atoms with Crippen LogP contribution >= 0.6 is 11.6 Å². The molecule has 4 heteroatoms. The van der Waals surface area contributed by atoms with E-state index in [2.05, 4.69) is 19.2 Å². The van der Waals surface area contributed by atoms with E-state index in [1.54, 1.807) is 19.2 Å². The van der Waals surface area contributed by atoms with E-state index in [9.17, 15) is 4.39 Å². The topological polar surface area (TPSA) is 21.3 Å². The highest BCUT2D eigenvalue weighted by atomic mass is 35.5. The predicted octanol–water partition coefficient (Wildman–Crippen LogP) is 4.23. The third kappa shape index (κ3) is 5.04. The molecular formula is C16H25ClFNO. The first-order valence-corrected chi connectivity index (χ1v) is 7.63. The quantitative estimate of drug-likeness (QED) is 0.689. The minimum absolute atomic E-state index is 0.0838. The van der Waals surface area contributed by atoms with Gasteiger partial charge in [-0.25, -0.2) is 4.39 Å². The molecule has 0 aromatic heterocycles. The number of hydrogen-bond donors (Lipinski definition) is 1. The number of ether oxygens (including phenoxy) is 1. The lowest BCUT2D eigenvalue weighted by Crippen LogP contribution is -2.29. The standard InChI is InChI=1S/C16H25ClFNO/c1-4-6-12(2)13(11-19-9-10-20-3)16-14(17)7-5-8-15(16)18/h5,7-8,12-13,19H,4,6,9-11H2,1-3H3. The first-order valence-electron chi connectivity index (χ1n) is 7.25. The van der Waals surface area contributed by atoms with E-state index in [1.165, 1.54) is 6.07 Å². The van der Waals surface area contributed by atoms with Crippen LogP contribution in [0.25, 0.3) is 0 Å². The highest BCUT2D eigenvalue weighted by molar-refractivity contribution is 6.31. The molecule has 1 N–H and O–H groups in total. The van der Waals surface area contributed by atoms with Crippen LogP contribution < -0.4 is 5.32 Å². The van der Waals surface area contributed by atoms with E-state index in [-0.39, 0.29) is 11.7 Å². The Morgan fingerprint density at radius 1 is 1.40 bits per heavy atom. The Balaban J connectivity index is 2.86. The molecule has 2 atom stereocenters. The minimum atomic E-state index is -0.209. The summed E-state index contributed by atoms with van der Waals surface area (Å²) >= 11 is 6.22. The lowest BCUT2D eigenvalue weighted by Gasteiger charge is -2.26. The molecule has 1 rings (SSSR count). The van der Waals surface area contributed by atoms with Crippen LogP contribution in [0, 0.1) is 11.7 Å². The van der Waals surface area contributed by atoms with Gasteiger partial charge in [0, 0.05) is 36.7 Å². The van der Waals surface area contributed by atoms with Gasteiger partial charge in [-0.3, -0.25) is 0 Å². The second-order valence-corrected chi connectivity index (χ2v) is 5.61. The zero-order chi connectivity index (χ0) is 15.0. The fourth-order valence-electron chi connectivity index (χ4n) is 2.54. The van der Waals surface area contributed by atoms with Crippen molar-refractivity contribution in [1.82, 2.24) is 5.32 Å². The van der Waals surface area contributed by atoms with Gasteiger partial charge >= 0.3 is 0 Å². The van der Waals surface area contributed by atoms with Crippen LogP contribution in [0.5, 0.6) is 0 Å². The summed E-state index contributed by atoms with van der Waals surface area (Å²) in [5.74, 6) is 0.254. The van der Waals surface area contributed by atoms with Gasteiger partial charge in [0.05, 0.1) is 6.61 Å². The molecule has 0 saturated carbocycles. The highest BCUT2D eigenvalue weighted by Gasteiger charge is 2.23. The Morgan fingerprint density at radius 2 is 2.15 bits per heavy atom. The van der Waals surface area contributed by atoms with E-state index in [0.717, 1.165) is 19.4 Å². The molecule has 114 valence electrons. The zero-order valence-electron chi connectivity index (χ0n) is 12.6. The van der Waals surface area contributed by atoms with E-state index < -0.39 is 0 Å². The molecule has 0 radical (unpaired) electrons. The minimum Gasteiger partial charge on any atom is -0.383 e. The lowest BCUT2D eigenvalue weighted by molar-refractivity contribution is 0.197. The molecule has 0 aliphatic rings. The van der Waals surface area contributed by atoms with Gasteiger partial charge in [0.15, 0.2) is 0 Å².